The highest BCUT2D eigenvalue weighted by molar-refractivity contribution is 6.30. The molecule has 2 aliphatic rings. The van der Waals surface area contributed by atoms with E-state index in [1.54, 1.807) is 0 Å². The smallest absolute Gasteiger partial charge is 0.0472 e. The lowest BCUT2D eigenvalue weighted by Crippen LogP contribution is -2.49. The molecule has 1 saturated carbocycles. The molecule has 0 amide bonds. The summed E-state index contributed by atoms with van der Waals surface area (Å²) in [6.45, 7) is 5.25. The van der Waals surface area contributed by atoms with E-state index in [0.717, 1.165) is 24.2 Å². The Morgan fingerprint density at radius 3 is 2.53 bits per heavy atom. The molecule has 0 bridgehead atoms. The van der Waals surface area contributed by atoms with E-state index in [9.17, 15) is 0 Å². The Morgan fingerprint density at radius 1 is 1.21 bits per heavy atom. The number of nitrogens with two attached hydrogens (primary N) is 1. The van der Waals surface area contributed by atoms with Gasteiger partial charge in [-0.3, -0.25) is 9.80 Å². The van der Waals surface area contributed by atoms with Gasteiger partial charge in [-0.25, -0.2) is 0 Å². The summed E-state index contributed by atoms with van der Waals surface area (Å²) in [5, 5.41) is 0.799. The molecule has 1 aliphatic carbocycles. The van der Waals surface area contributed by atoms with Crippen molar-refractivity contribution in [3.63, 3.8) is 0 Å². The van der Waals surface area contributed by atoms with Gasteiger partial charge in [0.15, 0.2) is 0 Å². The van der Waals surface area contributed by atoms with Gasteiger partial charge in [0.25, 0.3) is 0 Å². The first kappa shape index (κ1) is 13.4. The lowest BCUT2D eigenvalue weighted by molar-refractivity contribution is 0.0938. The van der Waals surface area contributed by atoms with Crippen LogP contribution in [-0.4, -0.2) is 48.6 Å². The fourth-order valence-corrected chi connectivity index (χ4v) is 3.26. The largest absolute Gasteiger partial charge is 0.329 e. The van der Waals surface area contributed by atoms with Crippen molar-refractivity contribution in [3.8, 4) is 0 Å². The topological polar surface area (TPSA) is 32.5 Å². The summed E-state index contributed by atoms with van der Waals surface area (Å²) in [7, 11) is 0. The molecule has 2 N–H and O–H groups in total. The van der Waals surface area contributed by atoms with Gasteiger partial charge in [0.1, 0.15) is 0 Å². The highest BCUT2D eigenvalue weighted by Crippen LogP contribution is 2.29. The van der Waals surface area contributed by atoms with Gasteiger partial charge in [-0.15, -0.1) is 0 Å². The SMILES string of the molecule is NCC(c1cccc(Cl)c1)N1CCN(C2CC2)CC1. The molecule has 1 heterocycles. The third-order valence-electron chi connectivity index (χ3n) is 4.31. The second-order valence-electron chi connectivity index (χ2n) is 5.61. The molecular weight excluding hydrogens is 258 g/mol. The summed E-state index contributed by atoms with van der Waals surface area (Å²) in [6, 6.07) is 9.30. The van der Waals surface area contributed by atoms with Crippen LogP contribution in [0.4, 0.5) is 0 Å². The van der Waals surface area contributed by atoms with E-state index in [1.807, 2.05) is 18.2 Å². The molecule has 19 heavy (non-hydrogen) atoms. The van der Waals surface area contributed by atoms with E-state index < -0.39 is 0 Å². The standard InChI is InChI=1S/C15H22ClN3/c16-13-3-1-2-12(10-13)15(11-17)19-8-6-18(7-9-19)14-4-5-14/h1-3,10,14-15H,4-9,11,17H2. The Labute approximate surface area is 120 Å². The molecule has 1 saturated heterocycles. The minimum Gasteiger partial charge on any atom is -0.329 e. The average molecular weight is 280 g/mol. The Kier molecular flexibility index (Phi) is 4.08. The highest BCUT2D eigenvalue weighted by atomic mass is 35.5. The first-order chi connectivity index (χ1) is 9.28. The normalized spacial score (nSPS) is 23.5. The van der Waals surface area contributed by atoms with Gasteiger partial charge in [0.2, 0.25) is 0 Å². The van der Waals surface area contributed by atoms with Gasteiger partial charge in [0.05, 0.1) is 0 Å². The fraction of sp³-hybridized carbons (Fsp3) is 0.600. The zero-order valence-electron chi connectivity index (χ0n) is 11.3. The van der Waals surface area contributed by atoms with E-state index in [0.29, 0.717) is 12.6 Å². The molecule has 0 aromatic heterocycles. The number of hydrogen-bond acceptors (Lipinski definition) is 3. The lowest BCUT2D eigenvalue weighted by Gasteiger charge is -2.39. The third kappa shape index (κ3) is 3.11. The summed E-state index contributed by atoms with van der Waals surface area (Å²) in [4.78, 5) is 5.13. The fourth-order valence-electron chi connectivity index (χ4n) is 3.06. The van der Waals surface area contributed by atoms with Crippen molar-refractivity contribution in [2.24, 2.45) is 5.73 Å². The van der Waals surface area contributed by atoms with Gasteiger partial charge >= 0.3 is 0 Å². The number of benzene rings is 1. The second kappa shape index (κ2) is 5.80. The minimum absolute atomic E-state index is 0.306. The predicted molar refractivity (Wildman–Crippen MR) is 79.4 cm³/mol. The molecule has 0 spiro atoms. The molecule has 1 aliphatic heterocycles. The first-order valence-electron chi connectivity index (χ1n) is 7.21. The summed E-state index contributed by atoms with van der Waals surface area (Å²) in [5.41, 5.74) is 7.24. The van der Waals surface area contributed by atoms with Crippen molar-refractivity contribution in [2.45, 2.75) is 24.9 Å². The van der Waals surface area contributed by atoms with E-state index in [-0.39, 0.29) is 0 Å². The van der Waals surface area contributed by atoms with Crippen LogP contribution in [0.2, 0.25) is 5.02 Å². The Morgan fingerprint density at radius 2 is 1.95 bits per heavy atom. The number of hydrogen-bond donors (Lipinski definition) is 1. The Hall–Kier alpha value is -0.610. The van der Waals surface area contributed by atoms with E-state index in [2.05, 4.69) is 15.9 Å². The van der Waals surface area contributed by atoms with Gasteiger partial charge in [-0.1, -0.05) is 23.7 Å². The molecule has 1 atom stereocenters. The second-order valence-corrected chi connectivity index (χ2v) is 6.05. The summed E-state index contributed by atoms with van der Waals surface area (Å²) >= 11 is 6.09. The number of piperazine rings is 1. The molecule has 1 aromatic rings. The Balaban J connectivity index is 1.65. The molecular formula is C15H22ClN3. The van der Waals surface area contributed by atoms with Crippen molar-refractivity contribution in [3.05, 3.63) is 34.9 Å². The third-order valence-corrected chi connectivity index (χ3v) is 4.54. The van der Waals surface area contributed by atoms with Crippen LogP contribution in [0.15, 0.2) is 24.3 Å². The molecule has 4 heteroatoms. The molecule has 104 valence electrons. The zero-order chi connectivity index (χ0) is 13.2. The molecule has 3 rings (SSSR count). The number of halogens is 1. The molecule has 1 unspecified atom stereocenters. The van der Waals surface area contributed by atoms with Gasteiger partial charge in [-0.05, 0) is 30.5 Å². The Bertz CT molecular complexity index is 425. The van der Waals surface area contributed by atoms with Gasteiger partial charge in [-0.2, -0.15) is 0 Å². The van der Waals surface area contributed by atoms with Crippen molar-refractivity contribution in [1.29, 1.82) is 0 Å². The maximum absolute atomic E-state index is 6.09. The van der Waals surface area contributed by atoms with Crippen LogP contribution < -0.4 is 5.73 Å². The quantitative estimate of drug-likeness (QED) is 0.916. The van der Waals surface area contributed by atoms with Crippen molar-refractivity contribution < 1.29 is 0 Å². The van der Waals surface area contributed by atoms with Crippen molar-refractivity contribution >= 4 is 11.6 Å². The number of rotatable bonds is 4. The molecule has 2 fully saturated rings. The van der Waals surface area contributed by atoms with Crippen LogP contribution in [0, 0.1) is 0 Å². The molecule has 0 radical (unpaired) electrons. The van der Waals surface area contributed by atoms with Crippen LogP contribution in [0.3, 0.4) is 0 Å². The van der Waals surface area contributed by atoms with Crippen molar-refractivity contribution in [1.82, 2.24) is 9.80 Å². The monoisotopic (exact) mass is 279 g/mol. The highest BCUT2D eigenvalue weighted by Gasteiger charge is 2.32. The first-order valence-corrected chi connectivity index (χ1v) is 7.59. The maximum atomic E-state index is 6.09. The average Bonchev–Trinajstić information content (AvgIpc) is 3.25. The van der Waals surface area contributed by atoms with Gasteiger partial charge < -0.3 is 5.73 Å². The van der Waals surface area contributed by atoms with Crippen molar-refractivity contribution in [2.75, 3.05) is 32.7 Å². The van der Waals surface area contributed by atoms with E-state index in [1.165, 1.54) is 31.5 Å². The maximum Gasteiger partial charge on any atom is 0.0472 e. The predicted octanol–water partition coefficient (Wildman–Crippen LogP) is 2.12. The summed E-state index contributed by atoms with van der Waals surface area (Å²) in [5.74, 6) is 0. The van der Waals surface area contributed by atoms with Crippen LogP contribution in [0.25, 0.3) is 0 Å². The molecule has 1 aromatic carbocycles. The van der Waals surface area contributed by atoms with Crippen LogP contribution in [-0.2, 0) is 0 Å². The molecule has 3 nitrogen and oxygen atoms in total. The van der Waals surface area contributed by atoms with Crippen LogP contribution >= 0.6 is 11.6 Å². The summed E-state index contributed by atoms with van der Waals surface area (Å²) < 4.78 is 0. The van der Waals surface area contributed by atoms with E-state index in [4.69, 9.17) is 17.3 Å². The van der Waals surface area contributed by atoms with E-state index >= 15 is 0 Å². The summed E-state index contributed by atoms with van der Waals surface area (Å²) in [6.07, 6.45) is 2.79. The number of nitrogens with zero attached hydrogens (tertiary/aromatic N) is 2. The van der Waals surface area contributed by atoms with Crippen LogP contribution in [0.5, 0.6) is 0 Å². The minimum atomic E-state index is 0.306. The van der Waals surface area contributed by atoms with Gasteiger partial charge in [0, 0.05) is 49.8 Å². The van der Waals surface area contributed by atoms with Crippen LogP contribution in [0.1, 0.15) is 24.4 Å². The zero-order valence-corrected chi connectivity index (χ0v) is 12.0. The lowest BCUT2D eigenvalue weighted by atomic mass is 10.0.